The molecule has 2 rings (SSSR count). The summed E-state index contributed by atoms with van der Waals surface area (Å²) in [7, 11) is 0. The van der Waals surface area contributed by atoms with Crippen molar-refractivity contribution in [2.45, 2.75) is 26.7 Å². The Hall–Kier alpha value is -1.39. The third-order valence-corrected chi connectivity index (χ3v) is 2.87. The van der Waals surface area contributed by atoms with Crippen molar-refractivity contribution in [2.75, 3.05) is 6.54 Å². The molecule has 0 radical (unpaired) electrons. The minimum atomic E-state index is -0.176. The average Bonchev–Trinajstić information content (AvgIpc) is 2.78. The van der Waals surface area contributed by atoms with Crippen LogP contribution in [0.1, 0.15) is 36.7 Å². The maximum Gasteiger partial charge on any atom is 0.290 e. The third-order valence-electron chi connectivity index (χ3n) is 2.87. The Balaban J connectivity index is 1.84. The van der Waals surface area contributed by atoms with Gasteiger partial charge in [-0.1, -0.05) is 13.8 Å². The van der Waals surface area contributed by atoms with Crippen LogP contribution in [0.2, 0.25) is 0 Å². The average molecular weight is 208 g/mol. The molecule has 1 fully saturated rings. The lowest BCUT2D eigenvalue weighted by molar-refractivity contribution is 0.0941. The predicted molar refractivity (Wildman–Crippen MR) is 55.4 cm³/mol. The lowest BCUT2D eigenvalue weighted by Gasteiger charge is -1.99. The van der Waals surface area contributed by atoms with E-state index >= 15 is 0 Å². The number of nitrogens with zero attached hydrogens (tertiary/aromatic N) is 2. The summed E-state index contributed by atoms with van der Waals surface area (Å²) in [4.78, 5) is 15.6. The Bertz CT molecular complexity index is 360. The minimum Gasteiger partial charge on any atom is -0.349 e. The molecule has 1 aliphatic carbocycles. The van der Waals surface area contributed by atoms with Gasteiger partial charge in [0.15, 0.2) is 0 Å². The summed E-state index contributed by atoms with van der Waals surface area (Å²) in [6.07, 6.45) is 1.98. The molecule has 1 amide bonds. The molecule has 0 bridgehead atoms. The summed E-state index contributed by atoms with van der Waals surface area (Å²) in [5.41, 5.74) is 0. The molecule has 2 unspecified atom stereocenters. The van der Waals surface area contributed by atoms with Crippen LogP contribution in [-0.2, 0) is 6.42 Å². The second kappa shape index (κ2) is 4.00. The molecule has 82 valence electrons. The van der Waals surface area contributed by atoms with Gasteiger partial charge in [-0.05, 0) is 18.3 Å². The Morgan fingerprint density at radius 1 is 1.67 bits per heavy atom. The summed E-state index contributed by atoms with van der Waals surface area (Å²) in [5.74, 6) is 2.23. The van der Waals surface area contributed by atoms with E-state index in [1.165, 1.54) is 6.42 Å². The van der Waals surface area contributed by atoms with E-state index in [0.29, 0.717) is 5.92 Å². The molecule has 1 aliphatic rings. The monoisotopic (exact) mass is 208 g/mol. The molecule has 0 saturated heterocycles. The number of aromatic nitrogens is 3. The number of carbonyl (C=O) groups excluding carboxylic acids is 1. The van der Waals surface area contributed by atoms with E-state index in [9.17, 15) is 4.79 Å². The minimum absolute atomic E-state index is 0.176. The first-order valence-electron chi connectivity index (χ1n) is 5.40. The Morgan fingerprint density at radius 2 is 2.40 bits per heavy atom. The molecular formula is C10H16N4O. The van der Waals surface area contributed by atoms with Gasteiger partial charge < -0.3 is 5.32 Å². The van der Waals surface area contributed by atoms with E-state index < -0.39 is 0 Å². The van der Waals surface area contributed by atoms with Gasteiger partial charge in [0.2, 0.25) is 5.82 Å². The molecule has 1 aromatic rings. The number of hydrogen-bond acceptors (Lipinski definition) is 3. The van der Waals surface area contributed by atoms with Gasteiger partial charge in [-0.25, -0.2) is 4.98 Å². The highest BCUT2D eigenvalue weighted by Crippen LogP contribution is 2.36. The van der Waals surface area contributed by atoms with Gasteiger partial charge in [0, 0.05) is 13.0 Å². The number of rotatable bonds is 4. The van der Waals surface area contributed by atoms with Crippen LogP contribution in [0.25, 0.3) is 0 Å². The number of aryl methyl sites for hydroxylation is 1. The van der Waals surface area contributed by atoms with Gasteiger partial charge in [-0.15, -0.1) is 5.10 Å². The van der Waals surface area contributed by atoms with Gasteiger partial charge in [0.1, 0.15) is 5.82 Å². The van der Waals surface area contributed by atoms with Crippen molar-refractivity contribution in [3.05, 3.63) is 11.6 Å². The van der Waals surface area contributed by atoms with Crippen LogP contribution in [0.15, 0.2) is 0 Å². The highest BCUT2D eigenvalue weighted by Gasteiger charge is 2.32. The molecule has 1 saturated carbocycles. The molecule has 0 aromatic carbocycles. The smallest absolute Gasteiger partial charge is 0.290 e. The number of hydrogen-bond donors (Lipinski definition) is 2. The largest absolute Gasteiger partial charge is 0.349 e. The summed E-state index contributed by atoms with van der Waals surface area (Å²) < 4.78 is 0. The molecule has 2 N–H and O–H groups in total. The molecule has 0 aliphatic heterocycles. The Kier molecular flexibility index (Phi) is 2.70. The second-order valence-electron chi connectivity index (χ2n) is 4.14. The topological polar surface area (TPSA) is 70.7 Å². The SMILES string of the molecule is CCc1nc(C(=O)NCC2CC2C)n[nH]1. The summed E-state index contributed by atoms with van der Waals surface area (Å²) >= 11 is 0. The molecule has 5 nitrogen and oxygen atoms in total. The van der Waals surface area contributed by atoms with Crippen molar-refractivity contribution < 1.29 is 4.79 Å². The fourth-order valence-electron chi connectivity index (χ4n) is 1.54. The zero-order valence-corrected chi connectivity index (χ0v) is 9.08. The van der Waals surface area contributed by atoms with Crippen molar-refractivity contribution >= 4 is 5.91 Å². The van der Waals surface area contributed by atoms with Gasteiger partial charge in [-0.3, -0.25) is 9.89 Å². The maximum absolute atomic E-state index is 11.6. The van der Waals surface area contributed by atoms with Crippen LogP contribution in [0, 0.1) is 11.8 Å². The molecular weight excluding hydrogens is 192 g/mol. The maximum atomic E-state index is 11.6. The van der Waals surface area contributed by atoms with Crippen molar-refractivity contribution in [1.82, 2.24) is 20.5 Å². The van der Waals surface area contributed by atoms with E-state index in [4.69, 9.17) is 0 Å². The number of amides is 1. The number of carbonyl (C=O) groups is 1. The molecule has 15 heavy (non-hydrogen) atoms. The van der Waals surface area contributed by atoms with E-state index in [0.717, 1.165) is 24.7 Å². The molecule has 1 heterocycles. The van der Waals surface area contributed by atoms with Crippen LogP contribution < -0.4 is 5.32 Å². The van der Waals surface area contributed by atoms with Crippen molar-refractivity contribution in [3.63, 3.8) is 0 Å². The lowest BCUT2D eigenvalue weighted by atomic mass is 10.3. The summed E-state index contributed by atoms with van der Waals surface area (Å²) in [6, 6.07) is 0. The number of nitrogens with one attached hydrogen (secondary N) is 2. The zero-order valence-electron chi connectivity index (χ0n) is 9.08. The highest BCUT2D eigenvalue weighted by molar-refractivity contribution is 5.90. The van der Waals surface area contributed by atoms with E-state index in [-0.39, 0.29) is 11.7 Å². The van der Waals surface area contributed by atoms with Crippen molar-refractivity contribution in [2.24, 2.45) is 11.8 Å². The first-order chi connectivity index (χ1) is 7.20. The van der Waals surface area contributed by atoms with Crippen LogP contribution in [0.4, 0.5) is 0 Å². The molecule has 5 heteroatoms. The first kappa shape index (κ1) is 10.1. The standard InChI is InChI=1S/C10H16N4O/c1-3-8-12-9(14-13-8)10(15)11-5-7-4-6(7)2/h6-7H,3-5H2,1-2H3,(H,11,15)(H,12,13,14). The van der Waals surface area contributed by atoms with Crippen molar-refractivity contribution in [3.8, 4) is 0 Å². The predicted octanol–water partition coefficient (Wildman–Crippen LogP) is 0.753. The van der Waals surface area contributed by atoms with Crippen LogP contribution in [0.3, 0.4) is 0 Å². The summed E-state index contributed by atoms with van der Waals surface area (Å²) in [5, 5.41) is 9.43. The van der Waals surface area contributed by atoms with Gasteiger partial charge in [0.05, 0.1) is 0 Å². The van der Waals surface area contributed by atoms with Crippen LogP contribution >= 0.6 is 0 Å². The fraction of sp³-hybridized carbons (Fsp3) is 0.700. The number of aromatic amines is 1. The van der Waals surface area contributed by atoms with E-state index in [2.05, 4.69) is 27.4 Å². The lowest BCUT2D eigenvalue weighted by Crippen LogP contribution is -2.26. The van der Waals surface area contributed by atoms with E-state index in [1.54, 1.807) is 0 Å². The van der Waals surface area contributed by atoms with E-state index in [1.807, 2.05) is 6.92 Å². The van der Waals surface area contributed by atoms with Gasteiger partial charge in [0.25, 0.3) is 5.91 Å². The Labute approximate surface area is 88.7 Å². The van der Waals surface area contributed by atoms with Crippen molar-refractivity contribution in [1.29, 1.82) is 0 Å². The van der Waals surface area contributed by atoms with Gasteiger partial charge in [-0.2, -0.15) is 0 Å². The summed E-state index contributed by atoms with van der Waals surface area (Å²) in [6.45, 7) is 4.91. The van der Waals surface area contributed by atoms with Gasteiger partial charge >= 0.3 is 0 Å². The first-order valence-corrected chi connectivity index (χ1v) is 5.40. The second-order valence-corrected chi connectivity index (χ2v) is 4.14. The molecule has 0 spiro atoms. The quantitative estimate of drug-likeness (QED) is 0.767. The zero-order chi connectivity index (χ0) is 10.8. The van der Waals surface area contributed by atoms with Crippen LogP contribution in [0.5, 0.6) is 0 Å². The fourth-order valence-corrected chi connectivity index (χ4v) is 1.54. The molecule has 2 atom stereocenters. The Morgan fingerprint density at radius 3 is 2.93 bits per heavy atom. The van der Waals surface area contributed by atoms with Crippen LogP contribution in [-0.4, -0.2) is 27.6 Å². The highest BCUT2D eigenvalue weighted by atomic mass is 16.2. The number of H-pyrrole nitrogens is 1. The third kappa shape index (κ3) is 2.34. The normalized spacial score (nSPS) is 23.9. The molecule has 1 aromatic heterocycles.